The SMILES string of the molecule is CC1(C)c2ccccc2N(c2cccc3c2oc2c4c(ccc23)C2(c3ccccc3-c3ccccc32)c2ccc3c5c(ccc-4c25)CC3)c2cc3c(cc21)-c1ccccc1C3(c1ccccc1)c1ccccc1. The van der Waals surface area contributed by atoms with Gasteiger partial charge in [-0.05, 0) is 142 Å². The van der Waals surface area contributed by atoms with Crippen LogP contribution in [0.1, 0.15) is 80.6 Å². The Balaban J connectivity index is 0.978. The molecule has 2 heteroatoms. The maximum Gasteiger partial charge on any atom is 0.159 e. The topological polar surface area (TPSA) is 16.4 Å². The van der Waals surface area contributed by atoms with Gasteiger partial charge in [0.2, 0.25) is 0 Å². The second-order valence-electron chi connectivity index (χ2n) is 21.7. The second-order valence-corrected chi connectivity index (χ2v) is 21.7. The lowest BCUT2D eigenvalue weighted by atomic mass is 9.61. The Labute approximate surface area is 424 Å². The normalized spacial score (nSPS) is 16.0. The number of benzene rings is 11. The summed E-state index contributed by atoms with van der Waals surface area (Å²) in [6.45, 7) is 4.82. The van der Waals surface area contributed by atoms with Gasteiger partial charge >= 0.3 is 0 Å². The monoisotopic (exact) mass is 929 g/mol. The smallest absolute Gasteiger partial charge is 0.159 e. The highest BCUT2D eigenvalue weighted by atomic mass is 16.3. The molecule has 17 rings (SSSR count). The van der Waals surface area contributed by atoms with Crippen LogP contribution in [0.25, 0.3) is 66.1 Å². The second kappa shape index (κ2) is 13.8. The Morgan fingerprint density at radius 3 is 1.58 bits per heavy atom. The zero-order chi connectivity index (χ0) is 48.0. The van der Waals surface area contributed by atoms with E-state index in [1.807, 2.05) is 0 Å². The van der Waals surface area contributed by atoms with Crippen LogP contribution in [-0.2, 0) is 29.1 Å². The van der Waals surface area contributed by atoms with E-state index < -0.39 is 10.8 Å². The first-order chi connectivity index (χ1) is 36.0. The minimum absolute atomic E-state index is 0.312. The predicted octanol–water partition coefficient (Wildman–Crippen LogP) is 17.7. The van der Waals surface area contributed by atoms with Gasteiger partial charge in [0.1, 0.15) is 5.58 Å². The Kier molecular flexibility index (Phi) is 7.56. The van der Waals surface area contributed by atoms with Gasteiger partial charge in [-0.25, -0.2) is 0 Å². The number of para-hydroxylation sites is 2. The number of hydrogen-bond donors (Lipinski definition) is 0. The summed E-state index contributed by atoms with van der Waals surface area (Å²) in [6.07, 6.45) is 2.15. The summed E-state index contributed by atoms with van der Waals surface area (Å²) in [5.41, 5.74) is 27.5. The maximum absolute atomic E-state index is 7.80. The van der Waals surface area contributed by atoms with E-state index in [2.05, 4.69) is 243 Å². The molecule has 73 heavy (non-hydrogen) atoms. The van der Waals surface area contributed by atoms with Crippen molar-refractivity contribution in [3.8, 4) is 33.4 Å². The van der Waals surface area contributed by atoms with E-state index in [-0.39, 0.29) is 5.41 Å². The van der Waals surface area contributed by atoms with E-state index in [1.54, 1.807) is 0 Å². The summed E-state index contributed by atoms with van der Waals surface area (Å²) < 4.78 is 7.80. The molecule has 12 aromatic rings. The van der Waals surface area contributed by atoms with Crippen molar-refractivity contribution in [3.05, 3.63) is 291 Å². The average Bonchev–Trinajstić information content (AvgIpc) is 4.21. The van der Waals surface area contributed by atoms with Gasteiger partial charge in [0.15, 0.2) is 5.58 Å². The minimum Gasteiger partial charge on any atom is -0.453 e. The highest BCUT2D eigenvalue weighted by molar-refractivity contribution is 6.19. The van der Waals surface area contributed by atoms with E-state index >= 15 is 0 Å². The van der Waals surface area contributed by atoms with Crippen LogP contribution in [0.5, 0.6) is 0 Å². The predicted molar refractivity (Wildman–Crippen MR) is 299 cm³/mol. The van der Waals surface area contributed by atoms with Gasteiger partial charge in [0.05, 0.1) is 27.9 Å². The number of aryl methyl sites for hydroxylation is 2. The van der Waals surface area contributed by atoms with Crippen molar-refractivity contribution >= 4 is 49.8 Å². The van der Waals surface area contributed by atoms with Crippen LogP contribution < -0.4 is 4.90 Å². The molecule has 0 unspecified atom stereocenters. The summed E-state index contributed by atoms with van der Waals surface area (Å²) in [5.74, 6) is 0. The molecule has 2 heterocycles. The summed E-state index contributed by atoms with van der Waals surface area (Å²) in [4.78, 5) is 2.54. The minimum atomic E-state index is -0.549. The third-order valence-electron chi connectivity index (χ3n) is 18.2. The Bertz CT molecular complexity index is 4320. The molecule has 0 atom stereocenters. The van der Waals surface area contributed by atoms with Crippen molar-refractivity contribution in [2.45, 2.75) is 42.9 Å². The lowest BCUT2D eigenvalue weighted by Crippen LogP contribution is -2.32. The molecule has 0 saturated heterocycles. The fourth-order valence-electron chi connectivity index (χ4n) is 15.3. The standard InChI is InChI=1S/C71H47NO/c1-69(2)56-29-15-16-30-61(56)72(63-41-59-52(40-60(63)69)48-24-11-12-26-53(48)70(59,44-18-5-3-6-19-44)45-20-7-4-8-21-45)62-31-17-25-49-50-37-39-58-66(68(50)73-67(49)62)51-36-34-42-32-33-43-35-38-57(65(51)64(42)43)71(58)54-27-13-9-22-46(54)47-23-10-14-28-55(47)71/h3-31,34-41H,32-33H2,1-2H3. The molecule has 1 spiro atoms. The van der Waals surface area contributed by atoms with Gasteiger partial charge in [-0.15, -0.1) is 0 Å². The summed E-state index contributed by atoms with van der Waals surface area (Å²) in [5, 5.41) is 5.08. The Morgan fingerprint density at radius 1 is 0.342 bits per heavy atom. The molecule has 2 nitrogen and oxygen atoms in total. The van der Waals surface area contributed by atoms with E-state index in [0.717, 1.165) is 40.5 Å². The van der Waals surface area contributed by atoms with E-state index in [1.165, 1.54) is 122 Å². The lowest BCUT2D eigenvalue weighted by molar-refractivity contribution is 0.629. The third kappa shape index (κ3) is 4.68. The molecule has 0 N–H and O–H groups in total. The third-order valence-corrected chi connectivity index (χ3v) is 18.2. The summed E-state index contributed by atoms with van der Waals surface area (Å²) in [7, 11) is 0. The van der Waals surface area contributed by atoms with Gasteiger partial charge in [0, 0.05) is 21.8 Å². The molecule has 0 fully saturated rings. The maximum atomic E-state index is 7.80. The van der Waals surface area contributed by atoms with Crippen molar-refractivity contribution in [1.29, 1.82) is 0 Å². The molecule has 4 aliphatic carbocycles. The first-order valence-electron chi connectivity index (χ1n) is 26.0. The van der Waals surface area contributed by atoms with Crippen molar-refractivity contribution in [1.82, 2.24) is 0 Å². The molecule has 0 amide bonds. The highest BCUT2D eigenvalue weighted by Gasteiger charge is 2.52. The van der Waals surface area contributed by atoms with Crippen LogP contribution in [0.2, 0.25) is 0 Å². The highest BCUT2D eigenvalue weighted by Crippen LogP contribution is 2.65. The number of rotatable bonds is 3. The van der Waals surface area contributed by atoms with Crippen molar-refractivity contribution in [3.63, 3.8) is 0 Å². The summed E-state index contributed by atoms with van der Waals surface area (Å²) >= 11 is 0. The van der Waals surface area contributed by atoms with Gasteiger partial charge in [-0.2, -0.15) is 0 Å². The molecular weight excluding hydrogens is 883 g/mol. The van der Waals surface area contributed by atoms with Crippen LogP contribution in [0.3, 0.4) is 0 Å². The lowest BCUT2D eigenvalue weighted by Gasteiger charge is -2.43. The Hall–Kier alpha value is -8.72. The first-order valence-corrected chi connectivity index (χ1v) is 26.0. The fourth-order valence-corrected chi connectivity index (χ4v) is 15.3. The van der Waals surface area contributed by atoms with E-state index in [9.17, 15) is 0 Å². The average molecular weight is 930 g/mol. The van der Waals surface area contributed by atoms with Gasteiger partial charge in [-0.1, -0.05) is 214 Å². The van der Waals surface area contributed by atoms with Crippen LogP contribution in [0.4, 0.5) is 17.1 Å². The van der Waals surface area contributed by atoms with Crippen molar-refractivity contribution in [2.75, 3.05) is 4.90 Å². The number of hydrogen-bond acceptors (Lipinski definition) is 2. The van der Waals surface area contributed by atoms with Gasteiger partial charge < -0.3 is 9.32 Å². The molecule has 0 bridgehead atoms. The van der Waals surface area contributed by atoms with Crippen LogP contribution >= 0.6 is 0 Å². The number of fused-ring (bicyclic) bond motifs is 18. The molecule has 1 aromatic heterocycles. The molecule has 0 radical (unpaired) electrons. The molecular formula is C71H47NO. The van der Waals surface area contributed by atoms with E-state index in [0.29, 0.717) is 0 Å². The van der Waals surface area contributed by atoms with Gasteiger partial charge in [0.25, 0.3) is 0 Å². The Morgan fingerprint density at radius 2 is 0.890 bits per heavy atom. The number of anilines is 3. The summed E-state index contributed by atoms with van der Waals surface area (Å²) in [6, 6.07) is 85.4. The van der Waals surface area contributed by atoms with Crippen LogP contribution in [0, 0.1) is 0 Å². The van der Waals surface area contributed by atoms with E-state index in [4.69, 9.17) is 4.42 Å². The molecule has 1 aliphatic heterocycles. The number of furan rings is 1. The zero-order valence-electron chi connectivity index (χ0n) is 40.6. The van der Waals surface area contributed by atoms with Gasteiger partial charge in [-0.3, -0.25) is 0 Å². The van der Waals surface area contributed by atoms with Crippen LogP contribution in [-0.4, -0.2) is 0 Å². The molecule has 5 aliphatic rings. The molecule has 0 saturated carbocycles. The van der Waals surface area contributed by atoms with Crippen LogP contribution in [0.15, 0.2) is 229 Å². The first kappa shape index (κ1) is 39.9. The molecule has 11 aromatic carbocycles. The quantitative estimate of drug-likeness (QED) is 0.176. The molecule has 342 valence electrons. The van der Waals surface area contributed by atoms with Crippen molar-refractivity contribution < 1.29 is 4.42 Å². The zero-order valence-corrected chi connectivity index (χ0v) is 40.6. The fraction of sp³-hybridized carbons (Fsp3) is 0.0986. The largest absolute Gasteiger partial charge is 0.453 e. The number of nitrogens with zero attached hydrogens (tertiary/aromatic N) is 1. The van der Waals surface area contributed by atoms with Crippen molar-refractivity contribution in [2.24, 2.45) is 0 Å².